The van der Waals surface area contributed by atoms with Crippen molar-refractivity contribution in [3.8, 4) is 5.75 Å². The fourth-order valence-electron chi connectivity index (χ4n) is 3.39. The molecule has 130 valence electrons. The maximum absolute atomic E-state index is 12.0. The minimum atomic E-state index is -0.0980. The van der Waals surface area contributed by atoms with Gasteiger partial charge in [0.2, 0.25) is 5.91 Å². The van der Waals surface area contributed by atoms with Crippen LogP contribution in [0.3, 0.4) is 0 Å². The molecule has 0 aliphatic carbocycles. The first-order valence-electron chi connectivity index (χ1n) is 8.86. The van der Waals surface area contributed by atoms with Gasteiger partial charge in [-0.3, -0.25) is 9.59 Å². The zero-order valence-electron chi connectivity index (χ0n) is 14.1. The topological polar surface area (TPSA) is 63.1 Å². The van der Waals surface area contributed by atoms with Crippen molar-refractivity contribution < 1.29 is 19.2 Å². The van der Waals surface area contributed by atoms with Crippen molar-refractivity contribution in [2.75, 3.05) is 44.2 Å². The van der Waals surface area contributed by atoms with Crippen LogP contribution in [0.2, 0.25) is 0 Å². The van der Waals surface area contributed by atoms with Gasteiger partial charge in [0.05, 0.1) is 25.3 Å². The number of hydrogen-bond acceptors (Lipinski definition) is 3. The SMILES string of the molecule is O=C(CCN1C(=O)COc2ccccc21)NCCC[NH+]1CCCC1. The number of carbonyl (C=O) groups excluding carboxylic acids is 2. The summed E-state index contributed by atoms with van der Waals surface area (Å²) < 4.78 is 5.41. The number of rotatable bonds is 7. The van der Waals surface area contributed by atoms with E-state index in [4.69, 9.17) is 4.74 Å². The number of benzene rings is 1. The fraction of sp³-hybridized carbons (Fsp3) is 0.556. The molecule has 2 N–H and O–H groups in total. The van der Waals surface area contributed by atoms with Crippen LogP contribution in [0, 0.1) is 0 Å². The van der Waals surface area contributed by atoms with E-state index < -0.39 is 0 Å². The van der Waals surface area contributed by atoms with Crippen LogP contribution in [0.15, 0.2) is 24.3 Å². The Morgan fingerprint density at radius 2 is 2.04 bits per heavy atom. The minimum Gasteiger partial charge on any atom is -0.482 e. The number of hydrogen-bond donors (Lipinski definition) is 2. The Morgan fingerprint density at radius 1 is 1.25 bits per heavy atom. The number of likely N-dealkylation sites (tertiary alicyclic amines) is 1. The van der Waals surface area contributed by atoms with Crippen molar-refractivity contribution in [3.63, 3.8) is 0 Å². The normalized spacial score (nSPS) is 17.5. The standard InChI is InChI=1S/C18H25N3O3/c22-17(19-9-5-12-20-10-3-4-11-20)8-13-21-15-6-1-2-7-16(15)24-14-18(21)23/h1-2,6-7H,3-5,8-14H2,(H,19,22)/p+1. The van der Waals surface area contributed by atoms with Gasteiger partial charge >= 0.3 is 0 Å². The summed E-state index contributed by atoms with van der Waals surface area (Å²) in [6.45, 7) is 4.82. The molecule has 1 aromatic rings. The Balaban J connectivity index is 1.40. The molecular weight excluding hydrogens is 306 g/mol. The van der Waals surface area contributed by atoms with Crippen LogP contribution < -0.4 is 19.9 Å². The molecular formula is C18H26N3O3+. The first-order chi connectivity index (χ1) is 11.7. The summed E-state index contributed by atoms with van der Waals surface area (Å²) in [7, 11) is 0. The lowest BCUT2D eigenvalue weighted by molar-refractivity contribution is -0.887. The molecule has 0 bridgehead atoms. The monoisotopic (exact) mass is 332 g/mol. The number of amides is 2. The van der Waals surface area contributed by atoms with Crippen LogP contribution in [-0.4, -0.2) is 51.1 Å². The van der Waals surface area contributed by atoms with E-state index in [0.717, 1.165) is 25.2 Å². The quantitative estimate of drug-likeness (QED) is 0.690. The second-order valence-corrected chi connectivity index (χ2v) is 6.46. The van der Waals surface area contributed by atoms with E-state index in [0.29, 0.717) is 18.7 Å². The Hall–Kier alpha value is -2.08. The van der Waals surface area contributed by atoms with E-state index in [1.54, 1.807) is 9.80 Å². The zero-order chi connectivity index (χ0) is 16.8. The number of carbonyl (C=O) groups is 2. The Bertz CT molecular complexity index is 585. The minimum absolute atomic E-state index is 0.00296. The number of nitrogens with zero attached hydrogens (tertiary/aromatic N) is 1. The maximum atomic E-state index is 12.0. The fourth-order valence-corrected chi connectivity index (χ4v) is 3.39. The lowest BCUT2D eigenvalue weighted by atomic mass is 10.2. The largest absolute Gasteiger partial charge is 0.482 e. The average Bonchev–Trinajstić information content (AvgIpc) is 3.11. The van der Waals surface area contributed by atoms with E-state index >= 15 is 0 Å². The smallest absolute Gasteiger partial charge is 0.265 e. The highest BCUT2D eigenvalue weighted by Crippen LogP contribution is 2.31. The summed E-state index contributed by atoms with van der Waals surface area (Å²) in [5.41, 5.74) is 0.749. The van der Waals surface area contributed by atoms with Crippen LogP contribution in [0.5, 0.6) is 5.75 Å². The van der Waals surface area contributed by atoms with Crippen LogP contribution in [0.1, 0.15) is 25.7 Å². The summed E-state index contributed by atoms with van der Waals surface area (Å²) in [6.07, 6.45) is 3.99. The summed E-state index contributed by atoms with van der Waals surface area (Å²) in [4.78, 5) is 27.4. The Kier molecular flexibility index (Phi) is 5.69. The number of para-hydroxylation sites is 2. The van der Waals surface area contributed by atoms with Crippen molar-refractivity contribution in [1.29, 1.82) is 0 Å². The number of fused-ring (bicyclic) bond motifs is 1. The van der Waals surface area contributed by atoms with Gasteiger partial charge in [-0.2, -0.15) is 0 Å². The van der Waals surface area contributed by atoms with E-state index in [2.05, 4.69) is 5.32 Å². The first-order valence-corrected chi connectivity index (χ1v) is 8.86. The Labute approximate surface area is 142 Å². The van der Waals surface area contributed by atoms with Gasteiger partial charge in [0.1, 0.15) is 5.75 Å². The lowest BCUT2D eigenvalue weighted by Crippen LogP contribution is -3.10. The summed E-state index contributed by atoms with van der Waals surface area (Å²) in [6, 6.07) is 7.44. The van der Waals surface area contributed by atoms with Gasteiger partial charge in [0.15, 0.2) is 6.61 Å². The molecule has 0 spiro atoms. The third-order valence-electron chi connectivity index (χ3n) is 4.71. The van der Waals surface area contributed by atoms with Crippen LogP contribution >= 0.6 is 0 Å². The van der Waals surface area contributed by atoms with Crippen LogP contribution in [0.4, 0.5) is 5.69 Å². The van der Waals surface area contributed by atoms with Gasteiger partial charge in [-0.1, -0.05) is 12.1 Å². The Morgan fingerprint density at radius 3 is 2.88 bits per heavy atom. The summed E-state index contributed by atoms with van der Waals surface area (Å²) >= 11 is 0. The molecule has 0 aromatic heterocycles. The van der Waals surface area contributed by atoms with Gasteiger partial charge in [-0.15, -0.1) is 0 Å². The predicted molar refractivity (Wildman–Crippen MR) is 91.3 cm³/mol. The van der Waals surface area contributed by atoms with Crippen LogP contribution in [0.25, 0.3) is 0 Å². The van der Waals surface area contributed by atoms with Crippen molar-refractivity contribution in [2.45, 2.75) is 25.7 Å². The highest BCUT2D eigenvalue weighted by Gasteiger charge is 2.25. The van der Waals surface area contributed by atoms with Gasteiger partial charge in [-0.05, 0) is 12.1 Å². The maximum Gasteiger partial charge on any atom is 0.265 e. The molecule has 6 nitrogen and oxygen atoms in total. The summed E-state index contributed by atoms with van der Waals surface area (Å²) in [5.74, 6) is 0.605. The van der Waals surface area contributed by atoms with E-state index in [9.17, 15) is 9.59 Å². The van der Waals surface area contributed by atoms with Crippen molar-refractivity contribution in [3.05, 3.63) is 24.3 Å². The van der Waals surface area contributed by atoms with E-state index in [1.807, 2.05) is 24.3 Å². The van der Waals surface area contributed by atoms with E-state index in [1.165, 1.54) is 25.9 Å². The average molecular weight is 332 g/mol. The highest BCUT2D eigenvalue weighted by molar-refractivity contribution is 5.98. The van der Waals surface area contributed by atoms with E-state index in [-0.39, 0.29) is 18.4 Å². The second kappa shape index (κ2) is 8.15. The number of ether oxygens (including phenoxy) is 1. The van der Waals surface area contributed by atoms with Gasteiger partial charge in [-0.25, -0.2) is 0 Å². The molecule has 1 aromatic carbocycles. The molecule has 6 heteroatoms. The molecule has 0 saturated carbocycles. The molecule has 2 aliphatic heterocycles. The second-order valence-electron chi connectivity index (χ2n) is 6.46. The molecule has 0 atom stereocenters. The molecule has 0 unspecified atom stereocenters. The lowest BCUT2D eigenvalue weighted by Gasteiger charge is -2.29. The molecule has 2 heterocycles. The number of quaternary nitrogens is 1. The molecule has 24 heavy (non-hydrogen) atoms. The van der Waals surface area contributed by atoms with Crippen LogP contribution in [-0.2, 0) is 9.59 Å². The van der Waals surface area contributed by atoms with Gasteiger partial charge < -0.3 is 19.9 Å². The van der Waals surface area contributed by atoms with Crippen molar-refractivity contribution >= 4 is 17.5 Å². The molecule has 1 fully saturated rings. The van der Waals surface area contributed by atoms with Crippen molar-refractivity contribution in [1.82, 2.24) is 5.32 Å². The molecule has 2 amide bonds. The van der Waals surface area contributed by atoms with Crippen molar-refractivity contribution in [2.24, 2.45) is 0 Å². The zero-order valence-corrected chi connectivity index (χ0v) is 14.1. The predicted octanol–water partition coefficient (Wildman–Crippen LogP) is -0.0129. The number of anilines is 1. The third kappa shape index (κ3) is 4.26. The van der Waals surface area contributed by atoms with Gasteiger partial charge in [0, 0.05) is 38.8 Å². The van der Waals surface area contributed by atoms with Gasteiger partial charge in [0.25, 0.3) is 5.91 Å². The highest BCUT2D eigenvalue weighted by atomic mass is 16.5. The third-order valence-corrected chi connectivity index (χ3v) is 4.71. The first kappa shape index (κ1) is 16.8. The molecule has 2 aliphatic rings. The molecule has 3 rings (SSSR count). The summed E-state index contributed by atoms with van der Waals surface area (Å²) in [5, 5.41) is 2.96. The molecule has 0 radical (unpaired) electrons. The number of nitrogens with one attached hydrogen (secondary N) is 2. The molecule has 1 saturated heterocycles.